The average molecular weight is 415 g/mol. The summed E-state index contributed by atoms with van der Waals surface area (Å²) in [6, 6.07) is 15.6. The van der Waals surface area contributed by atoms with E-state index in [1.54, 1.807) is 12.4 Å². The van der Waals surface area contributed by atoms with Crippen LogP contribution >= 0.6 is 0 Å². The van der Waals surface area contributed by atoms with Crippen LogP contribution in [-0.2, 0) is 9.53 Å². The van der Waals surface area contributed by atoms with E-state index in [2.05, 4.69) is 10.3 Å². The molecule has 31 heavy (non-hydrogen) atoms. The van der Waals surface area contributed by atoms with Crippen LogP contribution in [0.4, 0.5) is 11.5 Å². The predicted octanol–water partition coefficient (Wildman–Crippen LogP) is 4.12. The number of benzene rings is 1. The maximum absolute atomic E-state index is 13.1. The van der Waals surface area contributed by atoms with Gasteiger partial charge in [-0.05, 0) is 49.9 Å². The zero-order valence-corrected chi connectivity index (χ0v) is 17.3. The number of aromatic nitrogens is 3. The summed E-state index contributed by atoms with van der Waals surface area (Å²) in [6.07, 6.45) is 6.72. The average Bonchev–Trinajstić information content (AvgIpc) is 3.52. The number of ether oxygens (including phenoxy) is 1. The Morgan fingerprint density at radius 2 is 1.97 bits per heavy atom. The van der Waals surface area contributed by atoms with Crippen LogP contribution in [0.2, 0.25) is 0 Å². The van der Waals surface area contributed by atoms with Crippen molar-refractivity contribution in [3.05, 3.63) is 66.7 Å². The molecule has 2 aliphatic heterocycles. The lowest BCUT2D eigenvalue weighted by Crippen LogP contribution is -2.39. The molecular formula is C24H25N5O2. The first-order valence-corrected chi connectivity index (χ1v) is 10.8. The topological polar surface area (TPSA) is 80.2 Å². The molecule has 0 saturated carbocycles. The van der Waals surface area contributed by atoms with Crippen LogP contribution in [0.5, 0.6) is 0 Å². The molecule has 0 spiro atoms. The second kappa shape index (κ2) is 8.81. The lowest BCUT2D eigenvalue weighted by molar-refractivity contribution is -0.142. The SMILES string of the molecule is O=C(C1CCCO1)N1CCCC1c1nc(Nc2ccccc2)cc(-c2cccnc2)n1. The third kappa shape index (κ3) is 4.27. The van der Waals surface area contributed by atoms with Gasteiger partial charge in [0.1, 0.15) is 11.9 Å². The van der Waals surface area contributed by atoms with E-state index < -0.39 is 0 Å². The second-order valence-electron chi connectivity index (χ2n) is 7.92. The van der Waals surface area contributed by atoms with Gasteiger partial charge in [0.15, 0.2) is 5.82 Å². The summed E-state index contributed by atoms with van der Waals surface area (Å²) in [5.41, 5.74) is 2.65. The number of hydrogen-bond donors (Lipinski definition) is 1. The fourth-order valence-electron chi connectivity index (χ4n) is 4.27. The monoisotopic (exact) mass is 415 g/mol. The van der Waals surface area contributed by atoms with E-state index >= 15 is 0 Å². The summed E-state index contributed by atoms with van der Waals surface area (Å²) in [5.74, 6) is 1.42. The first kappa shape index (κ1) is 19.6. The maximum atomic E-state index is 13.1. The van der Waals surface area contributed by atoms with Crippen LogP contribution in [0, 0.1) is 0 Å². The van der Waals surface area contributed by atoms with E-state index in [1.165, 1.54) is 0 Å². The third-order valence-corrected chi connectivity index (χ3v) is 5.79. The lowest BCUT2D eigenvalue weighted by Gasteiger charge is -2.26. The van der Waals surface area contributed by atoms with Crippen LogP contribution in [0.15, 0.2) is 60.9 Å². The molecule has 2 aromatic heterocycles. The molecule has 0 bridgehead atoms. The number of amides is 1. The molecule has 1 aromatic carbocycles. The highest BCUT2D eigenvalue weighted by Gasteiger charge is 2.37. The van der Waals surface area contributed by atoms with Gasteiger partial charge in [0.05, 0.1) is 11.7 Å². The number of para-hydroxylation sites is 1. The highest BCUT2D eigenvalue weighted by Crippen LogP contribution is 2.34. The molecule has 3 aromatic rings. The first-order chi connectivity index (χ1) is 15.3. The lowest BCUT2D eigenvalue weighted by atomic mass is 10.1. The molecule has 2 aliphatic rings. The van der Waals surface area contributed by atoms with Crippen LogP contribution in [0.1, 0.15) is 37.5 Å². The van der Waals surface area contributed by atoms with E-state index in [9.17, 15) is 4.79 Å². The van der Waals surface area contributed by atoms with Gasteiger partial charge in [-0.3, -0.25) is 9.78 Å². The molecule has 4 heterocycles. The van der Waals surface area contributed by atoms with Gasteiger partial charge < -0.3 is 15.0 Å². The number of carbonyl (C=O) groups excluding carboxylic acids is 1. The van der Waals surface area contributed by atoms with E-state index in [1.807, 2.05) is 53.4 Å². The largest absolute Gasteiger partial charge is 0.368 e. The van der Waals surface area contributed by atoms with Crippen molar-refractivity contribution in [2.75, 3.05) is 18.5 Å². The van der Waals surface area contributed by atoms with E-state index in [0.717, 1.165) is 42.6 Å². The summed E-state index contributed by atoms with van der Waals surface area (Å²) >= 11 is 0. The minimum Gasteiger partial charge on any atom is -0.368 e. The van der Waals surface area contributed by atoms with Crippen molar-refractivity contribution in [3.63, 3.8) is 0 Å². The molecule has 5 rings (SSSR count). The first-order valence-electron chi connectivity index (χ1n) is 10.8. The van der Waals surface area contributed by atoms with Gasteiger partial charge in [0.25, 0.3) is 5.91 Å². The van der Waals surface area contributed by atoms with Crippen molar-refractivity contribution in [3.8, 4) is 11.3 Å². The van der Waals surface area contributed by atoms with Crippen molar-refractivity contribution in [1.29, 1.82) is 0 Å². The van der Waals surface area contributed by atoms with Crippen LogP contribution in [0.3, 0.4) is 0 Å². The van der Waals surface area contributed by atoms with Crippen molar-refractivity contribution in [1.82, 2.24) is 19.9 Å². The molecule has 2 fully saturated rings. The molecule has 2 atom stereocenters. The van der Waals surface area contributed by atoms with Crippen molar-refractivity contribution >= 4 is 17.4 Å². The molecule has 1 N–H and O–H groups in total. The Hall–Kier alpha value is -3.32. The summed E-state index contributed by atoms with van der Waals surface area (Å²) < 4.78 is 5.65. The van der Waals surface area contributed by atoms with Gasteiger partial charge >= 0.3 is 0 Å². The molecule has 2 saturated heterocycles. The Balaban J connectivity index is 1.50. The zero-order chi connectivity index (χ0) is 21.0. The van der Waals surface area contributed by atoms with Crippen molar-refractivity contribution < 1.29 is 9.53 Å². The smallest absolute Gasteiger partial charge is 0.252 e. The normalized spacial score (nSPS) is 20.7. The van der Waals surface area contributed by atoms with Gasteiger partial charge in [-0.25, -0.2) is 9.97 Å². The standard InChI is InChI=1S/C24H25N5O2/c30-24(21-11-6-14-31-21)29-13-5-10-20(29)23-27-19(17-7-4-12-25-16-17)15-22(28-23)26-18-8-2-1-3-9-18/h1-4,7-9,12,15-16,20-21H,5-6,10-11,13-14H2,(H,26,27,28). The number of nitrogens with one attached hydrogen (secondary N) is 1. The maximum Gasteiger partial charge on any atom is 0.252 e. The number of carbonyl (C=O) groups is 1. The summed E-state index contributed by atoms with van der Waals surface area (Å²) in [6.45, 7) is 1.37. The number of rotatable bonds is 5. The quantitative estimate of drug-likeness (QED) is 0.675. The van der Waals surface area contributed by atoms with Crippen molar-refractivity contribution in [2.24, 2.45) is 0 Å². The Morgan fingerprint density at radius 1 is 1.06 bits per heavy atom. The minimum absolute atomic E-state index is 0.0629. The van der Waals surface area contributed by atoms with E-state index in [0.29, 0.717) is 24.8 Å². The molecule has 2 unspecified atom stereocenters. The summed E-state index contributed by atoms with van der Waals surface area (Å²) in [5, 5.41) is 3.38. The number of likely N-dealkylation sites (tertiary alicyclic amines) is 1. The van der Waals surface area contributed by atoms with Crippen molar-refractivity contribution in [2.45, 2.75) is 37.8 Å². The van der Waals surface area contributed by atoms with Crippen LogP contribution < -0.4 is 5.32 Å². The number of pyridine rings is 1. The van der Waals surface area contributed by atoms with E-state index in [4.69, 9.17) is 14.7 Å². The Bertz CT molecular complexity index is 1040. The summed E-state index contributed by atoms with van der Waals surface area (Å²) in [7, 11) is 0. The molecule has 1 amide bonds. The Morgan fingerprint density at radius 3 is 2.74 bits per heavy atom. The van der Waals surface area contributed by atoms with E-state index in [-0.39, 0.29) is 18.1 Å². The fraction of sp³-hybridized carbons (Fsp3) is 0.333. The van der Waals surface area contributed by atoms with Crippen LogP contribution in [0.25, 0.3) is 11.3 Å². The third-order valence-electron chi connectivity index (χ3n) is 5.79. The molecule has 0 radical (unpaired) electrons. The van der Waals surface area contributed by atoms with Gasteiger partial charge in [-0.2, -0.15) is 0 Å². The van der Waals surface area contributed by atoms with Gasteiger partial charge in [-0.1, -0.05) is 18.2 Å². The zero-order valence-electron chi connectivity index (χ0n) is 17.3. The highest BCUT2D eigenvalue weighted by molar-refractivity contribution is 5.82. The fourth-order valence-corrected chi connectivity index (χ4v) is 4.27. The molecular weight excluding hydrogens is 390 g/mol. The minimum atomic E-state index is -0.330. The second-order valence-corrected chi connectivity index (χ2v) is 7.92. The number of nitrogens with zero attached hydrogens (tertiary/aromatic N) is 4. The molecule has 7 nitrogen and oxygen atoms in total. The predicted molar refractivity (Wildman–Crippen MR) is 118 cm³/mol. The summed E-state index contributed by atoms with van der Waals surface area (Å²) in [4.78, 5) is 28.9. The Labute approximate surface area is 181 Å². The van der Waals surface area contributed by atoms with Gasteiger partial charge in [0, 0.05) is 42.9 Å². The number of anilines is 2. The molecule has 0 aliphatic carbocycles. The highest BCUT2D eigenvalue weighted by atomic mass is 16.5. The van der Waals surface area contributed by atoms with Gasteiger partial charge in [-0.15, -0.1) is 0 Å². The van der Waals surface area contributed by atoms with Gasteiger partial charge in [0.2, 0.25) is 0 Å². The van der Waals surface area contributed by atoms with Crippen LogP contribution in [-0.4, -0.2) is 45.0 Å². The Kier molecular flexibility index (Phi) is 5.58. The molecule has 7 heteroatoms. The number of hydrogen-bond acceptors (Lipinski definition) is 6. The molecule has 158 valence electrons.